The number of carbonyl (C=O) groups is 2. The number of pyridine rings is 1. The molecule has 2 heterocycles. The second-order valence-electron chi connectivity index (χ2n) is 9.98. The molecule has 11 heteroatoms. The average Bonchev–Trinajstić information content (AvgIpc) is 3.34. The molecule has 2 aromatic heterocycles. The number of nitrogens with one attached hydrogen (secondary N) is 1. The Bertz CT molecular complexity index is 1780. The predicted octanol–water partition coefficient (Wildman–Crippen LogP) is 3.76. The summed E-state index contributed by atoms with van der Waals surface area (Å²) in [7, 11) is 0.536. The molecule has 2 aromatic carbocycles. The number of rotatable bonds is 10. The number of hydrogen-bond donors (Lipinski definition) is 2. The van der Waals surface area contributed by atoms with Crippen molar-refractivity contribution in [1.29, 1.82) is 0 Å². The van der Waals surface area contributed by atoms with E-state index in [0.29, 0.717) is 46.9 Å². The lowest BCUT2D eigenvalue weighted by molar-refractivity contribution is 0.0999. The summed E-state index contributed by atoms with van der Waals surface area (Å²) in [6.45, 7) is 2.97. The number of amides is 2. The highest BCUT2D eigenvalue weighted by Gasteiger charge is 2.17. The van der Waals surface area contributed by atoms with E-state index in [9.17, 15) is 13.8 Å². The minimum Gasteiger partial charge on any atom is -0.395 e. The van der Waals surface area contributed by atoms with E-state index in [1.54, 1.807) is 61.6 Å². The van der Waals surface area contributed by atoms with Gasteiger partial charge in [-0.1, -0.05) is 36.1 Å². The van der Waals surface area contributed by atoms with Crippen LogP contribution in [0.5, 0.6) is 0 Å². The van der Waals surface area contributed by atoms with E-state index in [1.807, 2.05) is 31.0 Å². The summed E-state index contributed by atoms with van der Waals surface area (Å²) >= 11 is 0. The van der Waals surface area contributed by atoms with Gasteiger partial charge in [0.05, 0.1) is 27.6 Å². The van der Waals surface area contributed by atoms with Crippen molar-refractivity contribution < 1.29 is 18.9 Å². The molecule has 0 saturated carbocycles. The van der Waals surface area contributed by atoms with Gasteiger partial charge in [0.1, 0.15) is 5.69 Å². The van der Waals surface area contributed by atoms with Gasteiger partial charge >= 0.3 is 0 Å². The standard InChI is InChI=1S/C32H34N6O4S/c1-24-19-30(38(3)35-24)32(41)34-28-10-7-9-25(21-28)13-14-26-20-27(23-33-22-26)31(40)36-43(42,29-11-5-4-6-12-29)18-8-15-37(2)16-17-39/h4-7,9-12,19-23,39H,8,15-18H2,1-3H3,(H,34,41)/t43-/m0/s1. The van der Waals surface area contributed by atoms with Crippen molar-refractivity contribution in [3.63, 3.8) is 0 Å². The number of benzene rings is 2. The predicted molar refractivity (Wildman–Crippen MR) is 166 cm³/mol. The summed E-state index contributed by atoms with van der Waals surface area (Å²) < 4.78 is 19.7. The number of aliphatic hydroxyl groups is 1. The van der Waals surface area contributed by atoms with Crippen LogP contribution in [0.2, 0.25) is 0 Å². The fourth-order valence-corrected chi connectivity index (χ4v) is 6.22. The zero-order chi connectivity index (χ0) is 30.8. The SMILES string of the molecule is Cc1cc(C(=O)Nc2cccc(C#Cc3cncc(C(=O)N=[S@](=O)(CCCN(C)CCO)c4ccccc4)c3)c2)n(C)n1. The van der Waals surface area contributed by atoms with Gasteiger partial charge in [0.25, 0.3) is 11.8 Å². The van der Waals surface area contributed by atoms with Crippen molar-refractivity contribution >= 4 is 27.2 Å². The van der Waals surface area contributed by atoms with Crippen LogP contribution in [0.4, 0.5) is 5.69 Å². The maximum Gasteiger partial charge on any atom is 0.286 e. The first-order chi connectivity index (χ1) is 20.7. The lowest BCUT2D eigenvalue weighted by Gasteiger charge is -2.16. The van der Waals surface area contributed by atoms with Gasteiger partial charge in [0, 0.05) is 53.4 Å². The molecule has 2 N–H and O–H groups in total. The molecule has 0 spiro atoms. The van der Waals surface area contributed by atoms with Crippen LogP contribution in [0.3, 0.4) is 0 Å². The summed E-state index contributed by atoms with van der Waals surface area (Å²) in [6, 6.07) is 19.2. The van der Waals surface area contributed by atoms with Crippen molar-refractivity contribution in [3.05, 3.63) is 107 Å². The molecule has 43 heavy (non-hydrogen) atoms. The number of hydrogen-bond acceptors (Lipinski definition) is 7. The maximum absolute atomic E-state index is 14.0. The first-order valence-electron chi connectivity index (χ1n) is 13.7. The topological polar surface area (TPSA) is 130 Å². The molecule has 0 bridgehead atoms. The molecule has 0 aliphatic rings. The van der Waals surface area contributed by atoms with Crippen LogP contribution < -0.4 is 5.32 Å². The Hall–Kier alpha value is -4.63. The fraction of sp³-hybridized carbons (Fsp3) is 0.250. The molecule has 0 radical (unpaired) electrons. The highest BCUT2D eigenvalue weighted by Crippen LogP contribution is 2.18. The highest BCUT2D eigenvalue weighted by atomic mass is 32.2. The zero-order valence-electron chi connectivity index (χ0n) is 24.4. The second-order valence-corrected chi connectivity index (χ2v) is 12.3. The molecule has 0 aliphatic carbocycles. The van der Waals surface area contributed by atoms with Gasteiger partial charge in [-0.3, -0.25) is 19.3 Å². The molecule has 4 rings (SSSR count). The van der Waals surface area contributed by atoms with Crippen LogP contribution in [0, 0.1) is 18.8 Å². The summed E-state index contributed by atoms with van der Waals surface area (Å²) in [5, 5.41) is 16.2. The van der Waals surface area contributed by atoms with E-state index in [1.165, 1.54) is 17.1 Å². The molecular weight excluding hydrogens is 564 g/mol. The van der Waals surface area contributed by atoms with Crippen molar-refractivity contribution in [2.24, 2.45) is 11.4 Å². The number of aryl methyl sites for hydroxylation is 2. The van der Waals surface area contributed by atoms with Gasteiger partial charge in [0.2, 0.25) is 0 Å². The highest BCUT2D eigenvalue weighted by molar-refractivity contribution is 7.94. The smallest absolute Gasteiger partial charge is 0.286 e. The molecule has 222 valence electrons. The Balaban J connectivity index is 1.52. The third-order valence-corrected chi connectivity index (χ3v) is 8.79. The lowest BCUT2D eigenvalue weighted by Crippen LogP contribution is -2.25. The van der Waals surface area contributed by atoms with E-state index in [2.05, 4.69) is 31.6 Å². The Labute approximate surface area is 252 Å². The molecular formula is C32H34N6O4S. The van der Waals surface area contributed by atoms with E-state index < -0.39 is 15.6 Å². The van der Waals surface area contributed by atoms with Crippen LogP contribution in [0.1, 0.15) is 44.1 Å². The van der Waals surface area contributed by atoms with Gasteiger partial charge in [-0.25, -0.2) is 4.21 Å². The maximum atomic E-state index is 14.0. The van der Waals surface area contributed by atoms with E-state index in [0.717, 1.165) is 5.69 Å². The molecule has 1 atom stereocenters. The average molecular weight is 599 g/mol. The summed E-state index contributed by atoms with van der Waals surface area (Å²) in [6.07, 6.45) is 3.45. The van der Waals surface area contributed by atoms with Gasteiger partial charge in [0.15, 0.2) is 0 Å². The van der Waals surface area contributed by atoms with Crippen LogP contribution in [0.25, 0.3) is 0 Å². The van der Waals surface area contributed by atoms with E-state index >= 15 is 0 Å². The van der Waals surface area contributed by atoms with Gasteiger partial charge < -0.3 is 15.3 Å². The van der Waals surface area contributed by atoms with Crippen molar-refractivity contribution in [1.82, 2.24) is 19.7 Å². The van der Waals surface area contributed by atoms with Crippen molar-refractivity contribution in [2.75, 3.05) is 37.8 Å². The Kier molecular flexibility index (Phi) is 10.6. The van der Waals surface area contributed by atoms with E-state index in [4.69, 9.17) is 5.11 Å². The van der Waals surface area contributed by atoms with E-state index in [-0.39, 0.29) is 23.8 Å². The molecule has 4 aromatic rings. The summed E-state index contributed by atoms with van der Waals surface area (Å²) in [4.78, 5) is 32.5. The first kappa shape index (κ1) is 31.3. The van der Waals surface area contributed by atoms with Gasteiger partial charge in [-0.05, 0) is 69.4 Å². The fourth-order valence-electron chi connectivity index (χ4n) is 4.31. The summed E-state index contributed by atoms with van der Waals surface area (Å²) in [5.41, 5.74) is 3.09. The number of nitrogens with zero attached hydrogens (tertiary/aromatic N) is 5. The molecule has 0 unspecified atom stereocenters. The second kappa shape index (κ2) is 14.5. The number of aliphatic hydroxyl groups excluding tert-OH is 1. The van der Waals surface area contributed by atoms with Crippen LogP contribution in [-0.2, 0) is 16.8 Å². The Morgan fingerprint density at radius 2 is 1.79 bits per heavy atom. The Morgan fingerprint density at radius 1 is 1.02 bits per heavy atom. The minimum atomic E-state index is -3.05. The quantitative estimate of drug-likeness (QED) is 0.266. The molecule has 0 aliphatic heterocycles. The Morgan fingerprint density at radius 3 is 2.51 bits per heavy atom. The summed E-state index contributed by atoms with van der Waals surface area (Å²) in [5.74, 6) is 5.32. The van der Waals surface area contributed by atoms with Crippen LogP contribution in [-0.4, -0.2) is 73.3 Å². The number of aromatic nitrogens is 3. The zero-order valence-corrected chi connectivity index (χ0v) is 25.2. The third-order valence-electron chi connectivity index (χ3n) is 6.48. The lowest BCUT2D eigenvalue weighted by atomic mass is 10.1. The van der Waals surface area contributed by atoms with Gasteiger partial charge in [-0.2, -0.15) is 9.46 Å². The molecule has 2 amide bonds. The number of likely N-dealkylation sites (N-methyl/N-ethyl adjacent to an activating group) is 1. The first-order valence-corrected chi connectivity index (χ1v) is 15.4. The third kappa shape index (κ3) is 8.68. The van der Waals surface area contributed by atoms with Gasteiger partial charge in [-0.15, -0.1) is 0 Å². The van der Waals surface area contributed by atoms with Crippen LogP contribution >= 0.6 is 0 Å². The van der Waals surface area contributed by atoms with Crippen LogP contribution in [0.15, 0.2) is 88.4 Å². The number of carbonyl (C=O) groups excluding carboxylic acids is 2. The number of anilines is 1. The molecule has 0 saturated heterocycles. The molecule has 10 nitrogen and oxygen atoms in total. The van der Waals surface area contributed by atoms with Crippen molar-refractivity contribution in [2.45, 2.75) is 18.2 Å². The molecule has 0 fully saturated rings. The van der Waals surface area contributed by atoms with Crippen molar-refractivity contribution in [3.8, 4) is 11.8 Å². The minimum absolute atomic E-state index is 0.0352. The largest absolute Gasteiger partial charge is 0.395 e. The monoisotopic (exact) mass is 598 g/mol. The normalized spacial score (nSPS) is 12.2.